The zero-order chi connectivity index (χ0) is 17.2. The molecular formula is C16H21ClN6OS. The van der Waals surface area contributed by atoms with Crippen LogP contribution in [-0.4, -0.2) is 62.2 Å². The van der Waals surface area contributed by atoms with Crippen molar-refractivity contribution in [2.24, 2.45) is 0 Å². The van der Waals surface area contributed by atoms with Crippen molar-refractivity contribution in [1.29, 1.82) is 0 Å². The molecule has 9 heteroatoms. The lowest BCUT2D eigenvalue weighted by Crippen LogP contribution is -2.41. The van der Waals surface area contributed by atoms with E-state index >= 15 is 0 Å². The summed E-state index contributed by atoms with van der Waals surface area (Å²) in [5, 5.41) is 0.208. The second-order valence-corrected chi connectivity index (χ2v) is 8.48. The van der Waals surface area contributed by atoms with Crippen LogP contribution in [0.25, 0.3) is 11.0 Å². The van der Waals surface area contributed by atoms with Crippen molar-refractivity contribution >= 4 is 45.4 Å². The first-order valence-corrected chi connectivity index (χ1v) is 10.6. The highest BCUT2D eigenvalue weighted by Crippen LogP contribution is 2.30. The molecule has 4 rings (SSSR count). The Bertz CT molecular complexity index is 747. The second-order valence-electron chi connectivity index (χ2n) is 6.45. The number of aromatic nitrogens is 4. The summed E-state index contributed by atoms with van der Waals surface area (Å²) in [5.41, 5.74) is 1.44. The van der Waals surface area contributed by atoms with Gasteiger partial charge in [0.25, 0.3) is 0 Å². The van der Waals surface area contributed by atoms with E-state index in [1.54, 1.807) is 6.33 Å². The molecule has 4 heterocycles. The van der Waals surface area contributed by atoms with Gasteiger partial charge in [-0.15, -0.1) is 0 Å². The molecule has 0 atom stereocenters. The largest absolute Gasteiger partial charge is 0.616 e. The molecule has 0 unspecified atom stereocenters. The molecule has 2 fully saturated rings. The molecule has 2 aromatic rings. The van der Waals surface area contributed by atoms with E-state index in [0.717, 1.165) is 43.1 Å². The summed E-state index contributed by atoms with van der Waals surface area (Å²) in [6.45, 7) is 3.34. The molecule has 0 spiro atoms. The highest BCUT2D eigenvalue weighted by molar-refractivity contribution is 7.91. The minimum absolute atomic E-state index is 0.208. The molecule has 0 bridgehead atoms. The van der Waals surface area contributed by atoms with Crippen LogP contribution in [0.15, 0.2) is 6.33 Å². The molecule has 2 aromatic heterocycles. The van der Waals surface area contributed by atoms with E-state index in [1.165, 1.54) is 12.8 Å². The molecule has 0 radical (unpaired) electrons. The number of rotatable bonds is 2. The van der Waals surface area contributed by atoms with Crippen molar-refractivity contribution in [3.05, 3.63) is 11.6 Å². The third-order valence-corrected chi connectivity index (χ3v) is 6.24. The highest BCUT2D eigenvalue weighted by atomic mass is 35.5. The van der Waals surface area contributed by atoms with Gasteiger partial charge in [0.15, 0.2) is 11.6 Å². The first-order chi connectivity index (χ1) is 12.2. The Labute approximate surface area is 155 Å². The van der Waals surface area contributed by atoms with Gasteiger partial charge in [-0.3, -0.25) is 0 Å². The zero-order valence-electron chi connectivity index (χ0n) is 14.0. The Morgan fingerprint density at radius 2 is 1.52 bits per heavy atom. The third kappa shape index (κ3) is 3.61. The topological polar surface area (TPSA) is 81.1 Å². The lowest BCUT2D eigenvalue weighted by molar-refractivity contribution is 0.585. The van der Waals surface area contributed by atoms with Crippen molar-refractivity contribution in [1.82, 2.24) is 19.9 Å². The van der Waals surface area contributed by atoms with Crippen LogP contribution >= 0.6 is 11.6 Å². The van der Waals surface area contributed by atoms with Crippen molar-refractivity contribution < 1.29 is 4.55 Å². The number of fused-ring (bicyclic) bond motifs is 1. The quantitative estimate of drug-likeness (QED) is 0.582. The van der Waals surface area contributed by atoms with E-state index in [1.807, 2.05) is 0 Å². The predicted molar refractivity (Wildman–Crippen MR) is 101 cm³/mol. The molecule has 0 saturated carbocycles. The summed E-state index contributed by atoms with van der Waals surface area (Å²) in [6, 6.07) is 0. The number of hydrogen-bond acceptors (Lipinski definition) is 7. The van der Waals surface area contributed by atoms with Gasteiger partial charge >= 0.3 is 0 Å². The average Bonchev–Trinajstić information content (AvgIpc) is 2.90. The van der Waals surface area contributed by atoms with Crippen LogP contribution in [0.4, 0.5) is 11.6 Å². The normalized spacial score (nSPS) is 20.1. The van der Waals surface area contributed by atoms with E-state index in [4.69, 9.17) is 11.6 Å². The summed E-state index contributed by atoms with van der Waals surface area (Å²) in [4.78, 5) is 22.2. The second kappa shape index (κ2) is 7.47. The Hall–Kier alpha value is -1.38. The number of anilines is 2. The lowest BCUT2D eigenvalue weighted by atomic mass is 10.2. The van der Waals surface area contributed by atoms with Crippen LogP contribution in [0, 0.1) is 0 Å². The van der Waals surface area contributed by atoms with Gasteiger partial charge in [0.1, 0.15) is 28.9 Å². The standard InChI is InChI=1S/C16H21ClN6OS/c17-16-20-13-12(15(21-16)23-7-9-25(24)10-8-23)18-11-19-14(13)22-5-3-1-2-4-6-22/h11H,1-10H2. The molecule has 0 N–H and O–H groups in total. The van der Waals surface area contributed by atoms with Gasteiger partial charge in [-0.25, -0.2) is 15.0 Å². The monoisotopic (exact) mass is 380 g/mol. The number of nitrogens with zero attached hydrogens (tertiary/aromatic N) is 6. The van der Waals surface area contributed by atoms with E-state index < -0.39 is 11.2 Å². The Morgan fingerprint density at radius 3 is 2.24 bits per heavy atom. The van der Waals surface area contributed by atoms with Gasteiger partial charge in [0.05, 0.1) is 13.1 Å². The molecule has 0 aromatic carbocycles. The van der Waals surface area contributed by atoms with Crippen LogP contribution in [0.1, 0.15) is 25.7 Å². The predicted octanol–water partition coefficient (Wildman–Crippen LogP) is 2.02. The van der Waals surface area contributed by atoms with Crippen LogP contribution in [0.5, 0.6) is 0 Å². The van der Waals surface area contributed by atoms with Crippen LogP contribution in [-0.2, 0) is 11.2 Å². The maximum absolute atomic E-state index is 11.7. The molecule has 0 amide bonds. The molecule has 25 heavy (non-hydrogen) atoms. The van der Waals surface area contributed by atoms with Gasteiger partial charge in [-0.2, -0.15) is 4.98 Å². The number of hydrogen-bond donors (Lipinski definition) is 0. The molecular weight excluding hydrogens is 360 g/mol. The van der Waals surface area contributed by atoms with Crippen LogP contribution in [0.3, 0.4) is 0 Å². The molecule has 134 valence electrons. The summed E-state index contributed by atoms with van der Waals surface area (Å²) in [5.74, 6) is 2.86. The van der Waals surface area contributed by atoms with Gasteiger partial charge in [-0.1, -0.05) is 24.0 Å². The van der Waals surface area contributed by atoms with E-state index in [2.05, 4.69) is 29.7 Å². The average molecular weight is 381 g/mol. The number of halogens is 1. The minimum Gasteiger partial charge on any atom is -0.616 e. The van der Waals surface area contributed by atoms with Gasteiger partial charge in [0.2, 0.25) is 5.28 Å². The zero-order valence-corrected chi connectivity index (χ0v) is 15.6. The summed E-state index contributed by atoms with van der Waals surface area (Å²) < 4.78 is 11.7. The fourth-order valence-corrected chi connectivity index (χ4v) is 4.69. The minimum atomic E-state index is -0.743. The SMILES string of the molecule is [O-][S+]1CCN(c2nc(Cl)nc3c(N4CCCCCC4)ncnc23)CC1. The maximum atomic E-state index is 11.7. The van der Waals surface area contributed by atoms with Crippen molar-refractivity contribution in [2.75, 3.05) is 47.5 Å². The van der Waals surface area contributed by atoms with Gasteiger partial charge in [-0.05, 0) is 24.4 Å². The summed E-state index contributed by atoms with van der Waals surface area (Å²) in [7, 11) is 0. The van der Waals surface area contributed by atoms with Gasteiger partial charge in [0, 0.05) is 13.1 Å². The lowest BCUT2D eigenvalue weighted by Gasteiger charge is -2.29. The molecule has 2 saturated heterocycles. The first-order valence-electron chi connectivity index (χ1n) is 8.75. The fourth-order valence-electron chi connectivity index (χ4n) is 3.48. The van der Waals surface area contributed by atoms with Crippen molar-refractivity contribution in [3.63, 3.8) is 0 Å². The molecule has 0 aliphatic carbocycles. The molecule has 2 aliphatic rings. The van der Waals surface area contributed by atoms with Crippen molar-refractivity contribution in [2.45, 2.75) is 25.7 Å². The van der Waals surface area contributed by atoms with E-state index in [-0.39, 0.29) is 5.28 Å². The third-order valence-electron chi connectivity index (χ3n) is 4.80. The molecule has 2 aliphatic heterocycles. The maximum Gasteiger partial charge on any atom is 0.225 e. The van der Waals surface area contributed by atoms with Gasteiger partial charge < -0.3 is 14.4 Å². The van der Waals surface area contributed by atoms with Crippen LogP contribution in [0.2, 0.25) is 5.28 Å². The van der Waals surface area contributed by atoms with E-state index in [0.29, 0.717) is 30.1 Å². The Kier molecular flexibility index (Phi) is 5.10. The van der Waals surface area contributed by atoms with Crippen LogP contribution < -0.4 is 9.80 Å². The van der Waals surface area contributed by atoms with E-state index in [9.17, 15) is 4.55 Å². The Balaban J connectivity index is 1.76. The van der Waals surface area contributed by atoms with Crippen molar-refractivity contribution in [3.8, 4) is 0 Å². The Morgan fingerprint density at radius 1 is 0.840 bits per heavy atom. The fraction of sp³-hybridized carbons (Fsp3) is 0.625. The first kappa shape index (κ1) is 17.1. The highest BCUT2D eigenvalue weighted by Gasteiger charge is 2.25. The summed E-state index contributed by atoms with van der Waals surface area (Å²) in [6.07, 6.45) is 6.42. The molecule has 7 nitrogen and oxygen atoms in total. The summed E-state index contributed by atoms with van der Waals surface area (Å²) >= 11 is 5.49. The smallest absolute Gasteiger partial charge is 0.225 e.